The van der Waals surface area contributed by atoms with Crippen molar-refractivity contribution in [2.75, 3.05) is 13.2 Å². The molecule has 3 rings (SSSR count). The van der Waals surface area contributed by atoms with Crippen LogP contribution in [0.25, 0.3) is 0 Å². The highest BCUT2D eigenvalue weighted by Gasteiger charge is 2.42. The third-order valence-electron chi connectivity index (χ3n) is 4.73. The molecule has 0 saturated heterocycles. The van der Waals surface area contributed by atoms with Crippen LogP contribution in [0.2, 0.25) is 0 Å². The highest BCUT2D eigenvalue weighted by atomic mass is 16.5. The Morgan fingerprint density at radius 2 is 1.72 bits per heavy atom. The Morgan fingerprint density at radius 3 is 2.28 bits per heavy atom. The van der Waals surface area contributed by atoms with Gasteiger partial charge in [-0.1, -0.05) is 5.92 Å². The van der Waals surface area contributed by atoms with E-state index < -0.39 is 0 Å². The van der Waals surface area contributed by atoms with Crippen LogP contribution in [0.3, 0.4) is 0 Å². The molecule has 0 N–H and O–H groups in total. The van der Waals surface area contributed by atoms with E-state index in [0.717, 1.165) is 37.1 Å². The molecule has 2 saturated carbocycles. The van der Waals surface area contributed by atoms with E-state index in [1.807, 2.05) is 32.9 Å². The molecular formula is C24H35NO4. The monoisotopic (exact) mass is 401 g/mol. The van der Waals surface area contributed by atoms with Gasteiger partial charge in [0.25, 0.3) is 0 Å². The molecule has 1 heterocycles. The van der Waals surface area contributed by atoms with Crippen molar-refractivity contribution in [3.63, 3.8) is 0 Å². The zero-order valence-electron chi connectivity index (χ0n) is 18.7. The first-order chi connectivity index (χ1) is 13.5. The largest absolute Gasteiger partial charge is 0.489 e. The highest BCUT2D eigenvalue weighted by molar-refractivity contribution is 5.35. The summed E-state index contributed by atoms with van der Waals surface area (Å²) >= 11 is 0. The molecule has 0 spiro atoms. The molecule has 1 aromatic heterocycles. The first-order valence-corrected chi connectivity index (χ1v) is 10.6. The quantitative estimate of drug-likeness (QED) is 0.497. The maximum Gasteiger partial charge on any atom is 0.138 e. The second-order valence-electron chi connectivity index (χ2n) is 10.00. The molecule has 0 amide bonds. The number of aromatic nitrogens is 1. The zero-order chi connectivity index (χ0) is 21.1. The van der Waals surface area contributed by atoms with Gasteiger partial charge in [-0.25, -0.2) is 4.98 Å². The molecule has 0 radical (unpaired) electrons. The maximum atomic E-state index is 5.97. The van der Waals surface area contributed by atoms with Crippen LogP contribution in [0.5, 0.6) is 5.75 Å². The van der Waals surface area contributed by atoms with E-state index >= 15 is 0 Å². The van der Waals surface area contributed by atoms with Gasteiger partial charge in [0, 0.05) is 12.8 Å². The Kier molecular flexibility index (Phi) is 6.57. The van der Waals surface area contributed by atoms with Crippen LogP contribution in [0.15, 0.2) is 18.3 Å². The van der Waals surface area contributed by atoms with Gasteiger partial charge in [0.2, 0.25) is 0 Å². The molecule has 0 aliphatic heterocycles. The average Bonchev–Trinajstić information content (AvgIpc) is 3.35. The predicted octanol–water partition coefficient (Wildman–Crippen LogP) is 4.52. The number of hydrogen-bond donors (Lipinski definition) is 0. The summed E-state index contributed by atoms with van der Waals surface area (Å²) in [5.74, 6) is 7.17. The number of nitrogens with zero attached hydrogens (tertiary/aromatic N) is 1. The Bertz CT molecular complexity index is 723. The lowest BCUT2D eigenvalue weighted by Gasteiger charge is -2.39. The summed E-state index contributed by atoms with van der Waals surface area (Å²) < 4.78 is 23.6. The van der Waals surface area contributed by atoms with Crippen molar-refractivity contribution < 1.29 is 18.9 Å². The minimum atomic E-state index is -0.313. The second kappa shape index (κ2) is 8.63. The molecule has 160 valence electrons. The number of rotatable bonds is 7. The van der Waals surface area contributed by atoms with Gasteiger partial charge >= 0.3 is 0 Å². The van der Waals surface area contributed by atoms with Gasteiger partial charge < -0.3 is 18.9 Å². The van der Waals surface area contributed by atoms with Gasteiger partial charge in [0.15, 0.2) is 0 Å². The second-order valence-corrected chi connectivity index (χ2v) is 10.00. The van der Waals surface area contributed by atoms with E-state index in [9.17, 15) is 0 Å². The summed E-state index contributed by atoms with van der Waals surface area (Å²) in [5, 5.41) is 0. The molecule has 1 aromatic rings. The number of hydrogen-bond acceptors (Lipinski definition) is 5. The third-order valence-corrected chi connectivity index (χ3v) is 4.73. The third kappa shape index (κ3) is 7.62. The fraction of sp³-hybridized carbons (Fsp3) is 0.708. The SMILES string of the molecule is CC(C)(C)OCCOC1(C#Cc2ccc(OC3CC(OC(C)(C)C)C3)cn2)CC1. The van der Waals surface area contributed by atoms with Gasteiger partial charge in [-0.2, -0.15) is 0 Å². The first kappa shape index (κ1) is 22.1. The van der Waals surface area contributed by atoms with Crippen LogP contribution in [0.4, 0.5) is 0 Å². The predicted molar refractivity (Wildman–Crippen MR) is 113 cm³/mol. The molecule has 0 unspecified atom stereocenters. The molecular weight excluding hydrogens is 366 g/mol. The Labute approximate surface area is 175 Å². The van der Waals surface area contributed by atoms with Crippen LogP contribution in [0, 0.1) is 11.8 Å². The van der Waals surface area contributed by atoms with Gasteiger partial charge in [0.1, 0.15) is 23.1 Å². The van der Waals surface area contributed by atoms with E-state index in [1.165, 1.54) is 0 Å². The standard InChI is InChI=1S/C24H35NO4/c1-22(2,3)26-13-14-27-24(11-12-24)10-9-18-7-8-19(17-25-18)28-20-15-21(16-20)29-23(4,5)6/h7-8,17,20-21H,11-16H2,1-6H3. The number of ether oxygens (including phenoxy) is 4. The van der Waals surface area contributed by atoms with Crippen molar-refractivity contribution in [3.05, 3.63) is 24.0 Å². The summed E-state index contributed by atoms with van der Waals surface area (Å²) in [6.45, 7) is 13.5. The summed E-state index contributed by atoms with van der Waals surface area (Å²) in [6, 6.07) is 3.84. The van der Waals surface area contributed by atoms with Crippen molar-refractivity contribution >= 4 is 0 Å². The molecule has 0 aromatic carbocycles. The van der Waals surface area contributed by atoms with Gasteiger partial charge in [-0.15, -0.1) is 0 Å². The maximum absolute atomic E-state index is 5.97. The summed E-state index contributed by atoms with van der Waals surface area (Å²) in [4.78, 5) is 4.42. The van der Waals surface area contributed by atoms with Gasteiger partial charge in [0.05, 0.1) is 36.7 Å². The minimum Gasteiger partial charge on any atom is -0.489 e. The average molecular weight is 402 g/mol. The molecule has 0 bridgehead atoms. The van der Waals surface area contributed by atoms with Crippen LogP contribution >= 0.6 is 0 Å². The zero-order valence-corrected chi connectivity index (χ0v) is 18.7. The van der Waals surface area contributed by atoms with Crippen LogP contribution in [-0.4, -0.2) is 47.2 Å². The van der Waals surface area contributed by atoms with Crippen molar-refractivity contribution in [3.8, 4) is 17.6 Å². The molecule has 2 aliphatic carbocycles. The normalized spacial score (nSPS) is 23.0. The Morgan fingerprint density at radius 1 is 1.00 bits per heavy atom. The fourth-order valence-corrected chi connectivity index (χ4v) is 3.11. The molecule has 5 heteroatoms. The van der Waals surface area contributed by atoms with Crippen molar-refractivity contribution in [2.45, 2.75) is 96.2 Å². The van der Waals surface area contributed by atoms with Gasteiger partial charge in [-0.05, 0) is 72.4 Å². The molecule has 0 atom stereocenters. The Hall–Kier alpha value is -1.61. The van der Waals surface area contributed by atoms with Gasteiger partial charge in [-0.3, -0.25) is 0 Å². The van der Waals surface area contributed by atoms with E-state index in [0.29, 0.717) is 19.3 Å². The van der Waals surface area contributed by atoms with Crippen LogP contribution < -0.4 is 4.74 Å². The number of pyridine rings is 1. The van der Waals surface area contributed by atoms with E-state index in [-0.39, 0.29) is 22.9 Å². The van der Waals surface area contributed by atoms with Crippen molar-refractivity contribution in [1.29, 1.82) is 0 Å². The topological polar surface area (TPSA) is 49.8 Å². The minimum absolute atomic E-state index is 0.0975. The molecule has 2 fully saturated rings. The van der Waals surface area contributed by atoms with E-state index in [4.69, 9.17) is 18.9 Å². The van der Waals surface area contributed by atoms with E-state index in [2.05, 4.69) is 37.6 Å². The summed E-state index contributed by atoms with van der Waals surface area (Å²) in [7, 11) is 0. The lowest BCUT2D eigenvalue weighted by molar-refractivity contribution is -0.126. The molecule has 5 nitrogen and oxygen atoms in total. The fourth-order valence-electron chi connectivity index (χ4n) is 3.11. The summed E-state index contributed by atoms with van der Waals surface area (Å²) in [5.41, 5.74) is 0.187. The molecule has 2 aliphatic rings. The first-order valence-electron chi connectivity index (χ1n) is 10.6. The lowest BCUT2D eigenvalue weighted by Crippen LogP contribution is -2.43. The van der Waals surface area contributed by atoms with Crippen molar-refractivity contribution in [1.82, 2.24) is 4.98 Å². The lowest BCUT2D eigenvalue weighted by atomic mass is 9.91. The molecule has 29 heavy (non-hydrogen) atoms. The van der Waals surface area contributed by atoms with Crippen LogP contribution in [-0.2, 0) is 14.2 Å². The van der Waals surface area contributed by atoms with Crippen molar-refractivity contribution in [2.24, 2.45) is 0 Å². The summed E-state index contributed by atoms with van der Waals surface area (Å²) in [6.07, 6.45) is 6.04. The Balaban J connectivity index is 1.41. The van der Waals surface area contributed by atoms with Crippen LogP contribution in [0.1, 0.15) is 72.9 Å². The highest BCUT2D eigenvalue weighted by Crippen LogP contribution is 2.39. The van der Waals surface area contributed by atoms with E-state index in [1.54, 1.807) is 6.20 Å². The smallest absolute Gasteiger partial charge is 0.138 e.